The number of sulfone groups is 1. The summed E-state index contributed by atoms with van der Waals surface area (Å²) in [5.41, 5.74) is 0.997. The Balaban J connectivity index is 2.08. The minimum absolute atomic E-state index is 0.142. The molecule has 142 valence electrons. The van der Waals surface area contributed by atoms with Crippen LogP contribution in [0.5, 0.6) is 0 Å². The molecule has 27 heavy (non-hydrogen) atoms. The molecule has 1 aromatic heterocycles. The summed E-state index contributed by atoms with van der Waals surface area (Å²) in [6.45, 7) is 1.23. The number of nitrogens with zero attached hydrogens (tertiary/aromatic N) is 2. The molecular formula is C19H22N3O3S2+. The summed E-state index contributed by atoms with van der Waals surface area (Å²) in [5.74, 6) is -0.142. The van der Waals surface area contributed by atoms with Crippen molar-refractivity contribution in [3.8, 4) is 0 Å². The number of hydrogen-bond acceptors (Lipinski definition) is 5. The van der Waals surface area contributed by atoms with E-state index in [1.54, 1.807) is 29.2 Å². The topological polar surface area (TPSA) is 71.8 Å². The largest absolute Gasteiger partial charge is 0.338 e. The fraction of sp³-hybridized carbons (Fsp3) is 0.263. The van der Waals surface area contributed by atoms with Gasteiger partial charge in [0, 0.05) is 11.8 Å². The van der Waals surface area contributed by atoms with Crippen LogP contribution in [-0.4, -0.2) is 52.7 Å². The van der Waals surface area contributed by atoms with Crippen LogP contribution in [0.3, 0.4) is 0 Å². The average Bonchev–Trinajstić information content (AvgIpc) is 3.05. The molecule has 8 heteroatoms. The molecule has 1 heterocycles. The maximum atomic E-state index is 13.1. The summed E-state index contributed by atoms with van der Waals surface area (Å²) in [5, 5.41) is 0.510. The van der Waals surface area contributed by atoms with Crippen LogP contribution in [0.2, 0.25) is 0 Å². The normalized spacial score (nSPS) is 11.9. The van der Waals surface area contributed by atoms with Crippen LogP contribution < -0.4 is 9.80 Å². The molecule has 0 saturated heterocycles. The highest BCUT2D eigenvalue weighted by Gasteiger charge is 2.24. The maximum absolute atomic E-state index is 13.1. The van der Waals surface area contributed by atoms with Gasteiger partial charge in [0.1, 0.15) is 5.52 Å². The Morgan fingerprint density at radius 2 is 1.81 bits per heavy atom. The van der Waals surface area contributed by atoms with Crippen molar-refractivity contribution in [2.75, 3.05) is 38.3 Å². The summed E-state index contributed by atoms with van der Waals surface area (Å²) in [7, 11) is 0.635. The molecule has 1 N–H and O–H groups in total. The molecule has 1 amide bonds. The Morgan fingerprint density at radius 3 is 2.44 bits per heavy atom. The predicted octanol–water partition coefficient (Wildman–Crippen LogP) is 1.49. The molecule has 0 aliphatic heterocycles. The molecule has 3 aromatic rings. The molecule has 0 aliphatic carbocycles. The summed E-state index contributed by atoms with van der Waals surface area (Å²) >= 11 is 1.33. The van der Waals surface area contributed by atoms with E-state index in [0.29, 0.717) is 22.8 Å². The van der Waals surface area contributed by atoms with Gasteiger partial charge < -0.3 is 4.90 Å². The molecule has 0 aliphatic rings. The number of anilines is 1. The van der Waals surface area contributed by atoms with Crippen LogP contribution in [-0.2, 0) is 9.84 Å². The molecule has 0 radical (unpaired) electrons. The van der Waals surface area contributed by atoms with E-state index >= 15 is 0 Å². The van der Waals surface area contributed by atoms with E-state index < -0.39 is 9.84 Å². The van der Waals surface area contributed by atoms with Crippen molar-refractivity contribution in [1.82, 2.24) is 4.98 Å². The molecule has 0 bridgehead atoms. The van der Waals surface area contributed by atoms with Crippen molar-refractivity contribution in [2.24, 2.45) is 0 Å². The summed E-state index contributed by atoms with van der Waals surface area (Å²) in [6.07, 6.45) is 1.17. The Bertz CT molecular complexity index is 1060. The minimum atomic E-state index is -3.40. The van der Waals surface area contributed by atoms with E-state index in [0.717, 1.165) is 11.2 Å². The van der Waals surface area contributed by atoms with Gasteiger partial charge in [0.2, 0.25) is 0 Å². The van der Waals surface area contributed by atoms with Crippen molar-refractivity contribution >= 4 is 42.4 Å². The van der Waals surface area contributed by atoms with Gasteiger partial charge in [0.15, 0.2) is 15.0 Å². The van der Waals surface area contributed by atoms with Crippen molar-refractivity contribution in [3.05, 3.63) is 54.1 Å². The second-order valence-electron chi connectivity index (χ2n) is 6.65. The molecule has 6 nitrogen and oxygen atoms in total. The molecule has 0 saturated carbocycles. The van der Waals surface area contributed by atoms with E-state index in [9.17, 15) is 13.2 Å². The van der Waals surface area contributed by atoms with Crippen molar-refractivity contribution in [3.63, 3.8) is 0 Å². The first-order valence-corrected chi connectivity index (χ1v) is 11.2. The smallest absolute Gasteiger partial charge is 0.260 e. The van der Waals surface area contributed by atoms with Gasteiger partial charge in [-0.05, 0) is 24.3 Å². The molecule has 0 spiro atoms. The van der Waals surface area contributed by atoms with Crippen molar-refractivity contribution < 1.29 is 18.1 Å². The van der Waals surface area contributed by atoms with E-state index in [2.05, 4.69) is 4.98 Å². The molecule has 2 aromatic carbocycles. The number of quaternary nitrogens is 1. The Morgan fingerprint density at radius 1 is 1.11 bits per heavy atom. The lowest BCUT2D eigenvalue weighted by Gasteiger charge is -2.20. The van der Waals surface area contributed by atoms with Gasteiger partial charge in [-0.15, -0.1) is 0 Å². The highest BCUT2D eigenvalue weighted by molar-refractivity contribution is 7.91. The Hall–Kier alpha value is -2.29. The lowest BCUT2D eigenvalue weighted by molar-refractivity contribution is -0.856. The molecule has 0 atom stereocenters. The van der Waals surface area contributed by atoms with Crippen molar-refractivity contribution in [2.45, 2.75) is 4.90 Å². The zero-order valence-electron chi connectivity index (χ0n) is 15.5. The molecule has 3 rings (SSSR count). The second-order valence-corrected chi connectivity index (χ2v) is 9.64. The van der Waals surface area contributed by atoms with Gasteiger partial charge in [-0.1, -0.05) is 35.6 Å². The van der Waals surface area contributed by atoms with E-state index in [4.69, 9.17) is 0 Å². The zero-order valence-corrected chi connectivity index (χ0v) is 17.1. The molecule has 0 fully saturated rings. The summed E-state index contributed by atoms with van der Waals surface area (Å²) in [4.78, 5) is 20.7. The third-order valence-corrected chi connectivity index (χ3v) is 6.27. The summed E-state index contributed by atoms with van der Waals surface area (Å²) in [6, 6.07) is 14.1. The minimum Gasteiger partial charge on any atom is -0.338 e. The van der Waals surface area contributed by atoms with Crippen molar-refractivity contribution in [1.29, 1.82) is 0 Å². The molecular weight excluding hydrogens is 382 g/mol. The van der Waals surface area contributed by atoms with Crippen LogP contribution in [0.15, 0.2) is 53.4 Å². The van der Waals surface area contributed by atoms with E-state index in [1.165, 1.54) is 22.5 Å². The number of fused-ring (bicyclic) bond motifs is 1. The number of para-hydroxylation sites is 1. The van der Waals surface area contributed by atoms with Gasteiger partial charge >= 0.3 is 0 Å². The number of carbonyl (C=O) groups excluding carboxylic acids is 1. The first-order valence-electron chi connectivity index (χ1n) is 8.53. The number of thiazole rings is 1. The summed E-state index contributed by atoms with van der Waals surface area (Å²) < 4.78 is 24.9. The molecule has 0 unspecified atom stereocenters. The standard InChI is InChI=1S/C19H21N3O3S2/c1-21(2)12-13-22(18(23)14-8-5-4-6-9-14)19-20-17-15(26-19)10-7-11-16(17)27(3,24)25/h4-11H,12-13H2,1-3H3/p+1. The fourth-order valence-corrected chi connectivity index (χ4v) is 4.60. The third-order valence-electron chi connectivity index (χ3n) is 4.10. The first kappa shape index (κ1) is 19.5. The number of aromatic nitrogens is 1. The van der Waals surface area contributed by atoms with Gasteiger partial charge in [0.05, 0.1) is 36.8 Å². The maximum Gasteiger partial charge on any atom is 0.260 e. The number of rotatable bonds is 6. The fourth-order valence-electron chi connectivity index (χ4n) is 2.68. The van der Waals surface area contributed by atoms with Crippen LogP contribution in [0.1, 0.15) is 10.4 Å². The number of hydrogen-bond donors (Lipinski definition) is 1. The Labute approximate surface area is 163 Å². The van der Waals surface area contributed by atoms with Crippen LogP contribution >= 0.6 is 11.3 Å². The van der Waals surface area contributed by atoms with Crippen LogP contribution in [0, 0.1) is 0 Å². The van der Waals surface area contributed by atoms with Crippen LogP contribution in [0.25, 0.3) is 10.2 Å². The quantitative estimate of drug-likeness (QED) is 0.676. The van der Waals surface area contributed by atoms with Gasteiger partial charge in [-0.2, -0.15) is 0 Å². The van der Waals surface area contributed by atoms with E-state index in [-0.39, 0.29) is 10.8 Å². The number of likely N-dealkylation sites (N-methyl/N-ethyl adjacent to an activating group) is 1. The number of carbonyl (C=O) groups is 1. The predicted molar refractivity (Wildman–Crippen MR) is 109 cm³/mol. The SMILES string of the molecule is C[NH+](C)CCN(C(=O)c1ccccc1)c1nc2c(S(C)(=O)=O)cccc2s1. The number of benzene rings is 2. The monoisotopic (exact) mass is 404 g/mol. The van der Waals surface area contributed by atoms with Gasteiger partial charge in [-0.25, -0.2) is 13.4 Å². The third kappa shape index (κ3) is 4.35. The van der Waals surface area contributed by atoms with Gasteiger partial charge in [-0.3, -0.25) is 9.69 Å². The Kier molecular flexibility index (Phi) is 5.59. The zero-order chi connectivity index (χ0) is 19.6. The first-order chi connectivity index (χ1) is 12.8. The van der Waals surface area contributed by atoms with Gasteiger partial charge in [0.25, 0.3) is 5.91 Å². The van der Waals surface area contributed by atoms with E-state index in [1.807, 2.05) is 38.4 Å². The highest BCUT2D eigenvalue weighted by atomic mass is 32.2. The second kappa shape index (κ2) is 7.75. The lowest BCUT2D eigenvalue weighted by atomic mass is 10.2. The lowest BCUT2D eigenvalue weighted by Crippen LogP contribution is -3.06. The number of nitrogens with one attached hydrogen (secondary N) is 1. The average molecular weight is 405 g/mol. The highest BCUT2D eigenvalue weighted by Crippen LogP contribution is 2.33. The van der Waals surface area contributed by atoms with Crippen LogP contribution in [0.4, 0.5) is 5.13 Å². The number of amides is 1.